The van der Waals surface area contributed by atoms with Crippen molar-refractivity contribution in [1.29, 1.82) is 0 Å². The summed E-state index contributed by atoms with van der Waals surface area (Å²) in [6.07, 6.45) is 10.8. The molecule has 0 spiro atoms. The quantitative estimate of drug-likeness (QED) is 0.192. The van der Waals surface area contributed by atoms with Crippen molar-refractivity contribution < 1.29 is 28.6 Å². The minimum absolute atomic E-state index is 0.0152. The maximum absolute atomic E-state index is 13.3. The van der Waals surface area contributed by atoms with Crippen LogP contribution in [0, 0.1) is 5.92 Å². The zero-order chi connectivity index (χ0) is 29.6. The molecule has 2 aliphatic heterocycles. The van der Waals surface area contributed by atoms with Crippen LogP contribution in [-0.2, 0) is 18.7 Å². The number of carbonyl (C=O) groups excluding carboxylic acids is 2. The highest BCUT2D eigenvalue weighted by Gasteiger charge is 2.41. The van der Waals surface area contributed by atoms with Crippen LogP contribution in [-0.4, -0.2) is 91.9 Å². The molecule has 230 valence electrons. The van der Waals surface area contributed by atoms with Gasteiger partial charge in [-0.15, -0.1) is 0 Å². The van der Waals surface area contributed by atoms with Crippen molar-refractivity contribution in [3.05, 3.63) is 12.2 Å². The lowest BCUT2D eigenvalue weighted by molar-refractivity contribution is -0.147. The van der Waals surface area contributed by atoms with Crippen LogP contribution in [0.15, 0.2) is 12.2 Å². The van der Waals surface area contributed by atoms with Gasteiger partial charge in [-0.3, -0.25) is 9.69 Å². The van der Waals surface area contributed by atoms with E-state index >= 15 is 0 Å². The van der Waals surface area contributed by atoms with Gasteiger partial charge in [0.1, 0.15) is 5.60 Å². The smallest absolute Gasteiger partial charge is 0.410 e. The van der Waals surface area contributed by atoms with E-state index in [1.165, 1.54) is 38.5 Å². The maximum atomic E-state index is 13.3. The van der Waals surface area contributed by atoms with E-state index in [0.29, 0.717) is 32.0 Å². The normalized spacial score (nSPS) is 31.9. The number of cyclic esters (lactones) is 1. The monoisotopic (exact) mass is 580 g/mol. The van der Waals surface area contributed by atoms with Crippen molar-refractivity contribution in [2.45, 2.75) is 134 Å². The molecule has 1 amide bonds. The van der Waals surface area contributed by atoms with Gasteiger partial charge in [-0.1, -0.05) is 59.5 Å². The predicted octanol–water partition coefficient (Wildman–Crippen LogP) is 5.89. The Morgan fingerprint density at radius 3 is 2.27 bits per heavy atom. The molecule has 2 fully saturated rings. The molecule has 2 unspecified atom stereocenters. The Hall–Kier alpha value is -1.42. The summed E-state index contributed by atoms with van der Waals surface area (Å²) in [5.41, 5.74) is -1.31. The highest BCUT2D eigenvalue weighted by molar-refractivity contribution is 6.74. The van der Waals surface area contributed by atoms with E-state index in [2.05, 4.69) is 38.8 Å². The van der Waals surface area contributed by atoms with Crippen molar-refractivity contribution in [2.24, 2.45) is 5.92 Å². The Kier molecular flexibility index (Phi) is 11.7. The van der Waals surface area contributed by atoms with Gasteiger partial charge < -0.3 is 23.9 Å². The van der Waals surface area contributed by atoms with E-state index in [0.717, 1.165) is 13.1 Å². The Balaban J connectivity index is 1.67. The number of esters is 1. The molecule has 9 heteroatoms. The minimum atomic E-state index is -2.16. The molecule has 8 nitrogen and oxygen atoms in total. The lowest BCUT2D eigenvalue weighted by Gasteiger charge is -2.41. The molecule has 1 aliphatic carbocycles. The summed E-state index contributed by atoms with van der Waals surface area (Å²) in [6, 6.07) is 0.632. The number of amides is 1. The number of rotatable bonds is 4. The first-order valence-corrected chi connectivity index (χ1v) is 18.5. The molecule has 1 saturated heterocycles. The fourth-order valence-electron chi connectivity index (χ4n) is 5.66. The highest BCUT2D eigenvalue weighted by atomic mass is 28.4. The van der Waals surface area contributed by atoms with Gasteiger partial charge in [-0.05, 0) is 56.8 Å². The van der Waals surface area contributed by atoms with Crippen molar-refractivity contribution in [3.63, 3.8) is 0 Å². The van der Waals surface area contributed by atoms with E-state index in [1.807, 2.05) is 13.0 Å². The third-order valence-electron chi connectivity index (χ3n) is 9.51. The second-order valence-corrected chi connectivity index (χ2v) is 18.9. The van der Waals surface area contributed by atoms with Crippen LogP contribution in [0.3, 0.4) is 0 Å². The highest BCUT2D eigenvalue weighted by Crippen LogP contribution is 2.39. The average molecular weight is 581 g/mol. The van der Waals surface area contributed by atoms with Crippen LogP contribution in [0.4, 0.5) is 4.79 Å². The van der Waals surface area contributed by atoms with Crippen LogP contribution in [0.2, 0.25) is 18.1 Å². The molecular weight excluding hydrogens is 524 g/mol. The van der Waals surface area contributed by atoms with Crippen LogP contribution >= 0.6 is 0 Å². The Morgan fingerprint density at radius 2 is 1.68 bits per heavy atom. The van der Waals surface area contributed by atoms with Gasteiger partial charge in [0.25, 0.3) is 0 Å². The largest absolute Gasteiger partial charge is 0.465 e. The van der Waals surface area contributed by atoms with E-state index in [1.54, 1.807) is 17.9 Å². The third kappa shape index (κ3) is 9.56. The lowest BCUT2D eigenvalue weighted by atomic mass is 9.90. The van der Waals surface area contributed by atoms with Crippen LogP contribution < -0.4 is 0 Å². The summed E-state index contributed by atoms with van der Waals surface area (Å²) in [4.78, 5) is 30.3. The van der Waals surface area contributed by atoms with Gasteiger partial charge in [0.05, 0.1) is 19.1 Å². The standard InChI is InChI=1S/C31H56N2O6Si/c1-24-14-15-27(38-29(35)33-20-18-32(19-21-33)25-12-10-8-9-11-13-25)31(5,36)17-16-26(22-28(34)37-23-24)39-40(6,7)30(2,3)4/h14-15,24-27,36H,8-13,16-23H2,1-7H3/b15-14+/t24?,26?,27-,31+/m0/s1. The molecule has 0 aromatic rings. The van der Waals surface area contributed by atoms with E-state index < -0.39 is 20.0 Å². The van der Waals surface area contributed by atoms with Gasteiger partial charge in [0.2, 0.25) is 0 Å². The van der Waals surface area contributed by atoms with Gasteiger partial charge in [-0.2, -0.15) is 0 Å². The first-order chi connectivity index (χ1) is 18.7. The summed E-state index contributed by atoms with van der Waals surface area (Å²) >= 11 is 0. The zero-order valence-corrected chi connectivity index (χ0v) is 27.2. The van der Waals surface area contributed by atoms with Crippen LogP contribution in [0.25, 0.3) is 0 Å². The second-order valence-electron chi connectivity index (χ2n) is 14.1. The molecule has 4 atom stereocenters. The third-order valence-corrected chi connectivity index (χ3v) is 14.0. The zero-order valence-electron chi connectivity index (χ0n) is 26.2. The average Bonchev–Trinajstić information content (AvgIpc) is 3.17. The first kappa shape index (κ1) is 33.1. The van der Waals surface area contributed by atoms with Crippen LogP contribution in [0.1, 0.15) is 92.4 Å². The first-order valence-electron chi connectivity index (χ1n) is 15.6. The Labute approximate surface area is 243 Å². The molecule has 0 bridgehead atoms. The minimum Gasteiger partial charge on any atom is -0.465 e. The number of hydrogen-bond donors (Lipinski definition) is 1. The maximum Gasteiger partial charge on any atom is 0.410 e. The topological polar surface area (TPSA) is 88.5 Å². The van der Waals surface area contributed by atoms with Crippen molar-refractivity contribution in [3.8, 4) is 0 Å². The predicted molar refractivity (Wildman–Crippen MR) is 161 cm³/mol. The van der Waals surface area contributed by atoms with Gasteiger partial charge >= 0.3 is 12.1 Å². The molecule has 3 aliphatic rings. The summed E-state index contributed by atoms with van der Waals surface area (Å²) in [5.74, 6) is -0.363. The fourth-order valence-corrected chi connectivity index (χ4v) is 7.04. The lowest BCUT2D eigenvalue weighted by Crippen LogP contribution is -2.53. The molecule has 0 aromatic heterocycles. The summed E-state index contributed by atoms with van der Waals surface area (Å²) in [6.45, 7) is 17.7. The number of carbonyl (C=O) groups is 2. The molecule has 1 saturated carbocycles. The van der Waals surface area contributed by atoms with Crippen molar-refractivity contribution in [2.75, 3.05) is 32.8 Å². The van der Waals surface area contributed by atoms with Gasteiger partial charge in [0.15, 0.2) is 14.4 Å². The molecule has 3 rings (SSSR count). The number of ether oxygens (including phenoxy) is 2. The SMILES string of the molecule is CC1/C=C/[C@H](OC(=O)N2CCN(C3CCCCCC3)CC2)[C@](C)(O)CCC(O[Si](C)(C)C(C)(C)C)CC(=O)OC1. The van der Waals surface area contributed by atoms with Gasteiger partial charge in [-0.25, -0.2) is 4.79 Å². The number of aliphatic hydroxyl groups is 1. The molecule has 2 heterocycles. The number of piperazine rings is 1. The number of nitrogens with zero attached hydrogens (tertiary/aromatic N) is 2. The number of hydrogen-bond acceptors (Lipinski definition) is 7. The molecule has 40 heavy (non-hydrogen) atoms. The second kappa shape index (κ2) is 14.2. The molecule has 1 N–H and O–H groups in total. The molecular formula is C31H56N2O6Si. The Bertz CT molecular complexity index is 854. The molecule has 0 aromatic carbocycles. The molecule has 0 radical (unpaired) electrons. The fraction of sp³-hybridized carbons (Fsp3) is 0.871. The summed E-state index contributed by atoms with van der Waals surface area (Å²) in [5, 5.41) is 11.6. The summed E-state index contributed by atoms with van der Waals surface area (Å²) < 4.78 is 18.2. The Morgan fingerprint density at radius 1 is 1.05 bits per heavy atom. The van der Waals surface area contributed by atoms with Gasteiger partial charge in [0, 0.05) is 38.1 Å². The van der Waals surface area contributed by atoms with E-state index in [4.69, 9.17) is 13.9 Å². The van der Waals surface area contributed by atoms with Crippen molar-refractivity contribution >= 4 is 20.4 Å². The summed E-state index contributed by atoms with van der Waals surface area (Å²) in [7, 11) is -2.16. The van der Waals surface area contributed by atoms with E-state index in [-0.39, 0.29) is 42.2 Å². The van der Waals surface area contributed by atoms with Crippen LogP contribution in [0.5, 0.6) is 0 Å². The van der Waals surface area contributed by atoms with Crippen molar-refractivity contribution in [1.82, 2.24) is 9.80 Å². The van der Waals surface area contributed by atoms with E-state index in [9.17, 15) is 14.7 Å².